The molecule has 0 amide bonds. The molecule has 0 aromatic heterocycles. The van der Waals surface area contributed by atoms with Gasteiger partial charge in [-0.15, -0.1) is 111 Å². The van der Waals surface area contributed by atoms with Crippen molar-refractivity contribution < 1.29 is 28.2 Å². The van der Waals surface area contributed by atoms with E-state index in [1.54, 1.807) is 19.8 Å². The van der Waals surface area contributed by atoms with Crippen LogP contribution in [0.5, 0.6) is 0 Å². The lowest BCUT2D eigenvalue weighted by Crippen LogP contribution is -2.20. The number of halogens is 2. The van der Waals surface area contributed by atoms with Crippen LogP contribution in [0.3, 0.4) is 0 Å². The molecule has 2 fully saturated rings. The molecule has 1 heterocycles. The topological polar surface area (TPSA) is 84.6 Å². The van der Waals surface area contributed by atoms with E-state index in [1.165, 1.54) is 94.6 Å². The second-order valence-electron chi connectivity index (χ2n) is 15.1. The largest absolute Gasteiger partial charge is 0.569 e. The maximum atomic E-state index is 12.2. The molecular formula is C59H85F2NO4S-10. The Kier molecular flexibility index (Phi) is 51.5. The minimum Gasteiger partial charge on any atom is -0.569 e. The highest BCUT2D eigenvalue weighted by molar-refractivity contribution is 7.59. The quantitative estimate of drug-likeness (QED) is 0.278. The second-order valence-corrected chi connectivity index (χ2v) is 15.1. The fourth-order valence-electron chi connectivity index (χ4n) is 5.24. The Labute approximate surface area is 416 Å². The third kappa shape index (κ3) is 50.2. The number of unbranched alkanes of at least 4 members (excludes halogenated alkanes) is 2. The van der Waals surface area contributed by atoms with Crippen LogP contribution >= 0.6 is 13.5 Å². The number of rotatable bonds is 5. The third-order valence-corrected chi connectivity index (χ3v) is 8.87. The van der Waals surface area contributed by atoms with Crippen molar-refractivity contribution in [1.29, 1.82) is 0 Å². The van der Waals surface area contributed by atoms with Gasteiger partial charge >= 0.3 is 0 Å². The summed E-state index contributed by atoms with van der Waals surface area (Å²) in [6.45, 7) is 37.2. The van der Waals surface area contributed by atoms with Gasteiger partial charge in [-0.05, 0) is 6.54 Å². The average Bonchev–Trinajstić information content (AvgIpc) is 4.08. The zero-order valence-corrected chi connectivity index (χ0v) is 42.6. The SMILES string of the molecule is C1CCCC1.C=C1C=C(C)[CH-]C(OC)=C1.C=C1C=C(F)C(F)=C[CH-]1.C=C1C=CC=C[CH-]1.C=C1C=C[CH-]O1.CC=C1C=CC=C[CH-]1.S.[CH2-]C1CCCCC1.[CH2-]CC(=O)[O-].[CH2-]CCCC.[CH2-]CCN. The molecule has 5 nitrogen and oxygen atoms in total. The van der Waals surface area contributed by atoms with Gasteiger partial charge in [-0.25, -0.2) is 4.39 Å². The summed E-state index contributed by atoms with van der Waals surface area (Å²) in [4.78, 5) is 9.19. The number of allylic oxidation sites excluding steroid dienone is 21. The molecule has 7 aliphatic rings. The third-order valence-electron chi connectivity index (χ3n) is 8.87. The standard InChI is InChI=1S/C9H11O.C8H9.C7H5F2.C7H13.C7H7.C5H5O.C5H10.C5H11.C3H8N.C3H5O2.H2S/c1-7-4-8(2)6-9(5-7)10-3;1-2-8-6-4-3-5-7-8;1-5-2-3-6(8)7(9)4-5;2*1-7-5-3-2-4-6-7;1-5-3-2-4-6-5;1-2-4-5-3-1;1-3-5-4-2;1-2-3-4;1-2-3(4)5;/h4-6H,1H2,2-3H3;2-7H,1H3;2-4H,1H2;7H,1-6H2;2-6H,1H2;2-4H,1H2;1-5H2;1,3-5H2,2H3;1-4H2;1-2H2,(H,4,5);1H2/q6*-1;;3*-1;/p-1. The number of methoxy groups -OCH3 is 1. The van der Waals surface area contributed by atoms with Crippen molar-refractivity contribution in [2.75, 3.05) is 13.7 Å². The smallest absolute Gasteiger partial charge is 0.0764 e. The molecule has 2 saturated carbocycles. The van der Waals surface area contributed by atoms with E-state index in [0.717, 1.165) is 53.6 Å². The first-order valence-electron chi connectivity index (χ1n) is 23.1. The molecule has 380 valence electrons. The van der Waals surface area contributed by atoms with E-state index >= 15 is 0 Å². The molecule has 6 aliphatic carbocycles. The summed E-state index contributed by atoms with van der Waals surface area (Å²) < 4.78 is 34.0. The molecule has 0 aromatic carbocycles. The second kappa shape index (κ2) is 50.4. The van der Waals surface area contributed by atoms with Crippen LogP contribution in [0, 0.1) is 65.9 Å². The van der Waals surface area contributed by atoms with E-state index in [-0.39, 0.29) is 19.9 Å². The van der Waals surface area contributed by atoms with E-state index < -0.39 is 17.6 Å². The molecule has 0 saturated heterocycles. The molecule has 0 radical (unpaired) electrons. The first-order valence-corrected chi connectivity index (χ1v) is 23.1. The summed E-state index contributed by atoms with van der Waals surface area (Å²) in [5, 5.41) is 9.19. The number of aliphatic carboxylic acids is 1. The molecule has 2 N–H and O–H groups in total. The molecule has 0 unspecified atom stereocenters. The Morgan fingerprint density at radius 1 is 0.836 bits per heavy atom. The summed E-state index contributed by atoms with van der Waals surface area (Å²) in [5.41, 5.74) is 9.98. The maximum absolute atomic E-state index is 12.2. The van der Waals surface area contributed by atoms with Gasteiger partial charge in [0.25, 0.3) is 0 Å². The first kappa shape index (κ1) is 68.5. The Morgan fingerprint density at radius 3 is 1.64 bits per heavy atom. The average molecular weight is 942 g/mol. The van der Waals surface area contributed by atoms with Gasteiger partial charge in [0.15, 0.2) is 0 Å². The molecule has 1 aliphatic heterocycles. The van der Waals surface area contributed by atoms with E-state index in [1.807, 2.05) is 87.4 Å². The molecule has 67 heavy (non-hydrogen) atoms. The van der Waals surface area contributed by atoms with Crippen LogP contribution in [-0.4, -0.2) is 19.6 Å². The van der Waals surface area contributed by atoms with E-state index in [4.69, 9.17) is 15.2 Å². The van der Waals surface area contributed by atoms with Crippen LogP contribution in [0.25, 0.3) is 0 Å². The fraction of sp³-hybridized carbons (Fsp3) is 0.356. The Bertz CT molecular complexity index is 1630. The van der Waals surface area contributed by atoms with Gasteiger partial charge in [0, 0.05) is 17.5 Å². The molecule has 0 atom stereocenters. The highest BCUT2D eigenvalue weighted by atomic mass is 32.1. The lowest BCUT2D eigenvalue weighted by atomic mass is 9.91. The number of carboxylic acids is 1. The van der Waals surface area contributed by atoms with Crippen LogP contribution in [0.2, 0.25) is 0 Å². The van der Waals surface area contributed by atoms with Crippen molar-refractivity contribution in [1.82, 2.24) is 0 Å². The lowest BCUT2D eigenvalue weighted by Gasteiger charge is -2.21. The van der Waals surface area contributed by atoms with Gasteiger partial charge in [0.1, 0.15) is 0 Å². The molecule has 8 heteroatoms. The fourth-order valence-corrected chi connectivity index (χ4v) is 5.24. The molecule has 0 aromatic rings. The van der Waals surface area contributed by atoms with Crippen LogP contribution in [0.1, 0.15) is 117 Å². The number of hydrogen-bond acceptors (Lipinski definition) is 5. The molecule has 7 rings (SSSR count). The van der Waals surface area contributed by atoms with E-state index in [9.17, 15) is 18.7 Å². The Balaban J connectivity index is -0.000000332. The van der Waals surface area contributed by atoms with Crippen molar-refractivity contribution in [3.8, 4) is 0 Å². The molecule has 0 spiro atoms. The first-order chi connectivity index (χ1) is 31.6. The van der Waals surface area contributed by atoms with Gasteiger partial charge in [-0.1, -0.05) is 111 Å². The van der Waals surface area contributed by atoms with Crippen LogP contribution in [0.4, 0.5) is 8.78 Å². The van der Waals surface area contributed by atoms with Crippen LogP contribution in [0.15, 0.2) is 168 Å². The number of carboxylic acid groups (broad SMARTS) is 1. The van der Waals surface area contributed by atoms with Gasteiger partial charge in [0.2, 0.25) is 0 Å². The van der Waals surface area contributed by atoms with Crippen LogP contribution in [-0.2, 0) is 14.3 Å². The summed E-state index contributed by atoms with van der Waals surface area (Å²) in [6, 6.07) is 0. The molecule has 0 bridgehead atoms. The summed E-state index contributed by atoms with van der Waals surface area (Å²) in [7, 11) is 1.66. The van der Waals surface area contributed by atoms with Gasteiger partial charge in [0.05, 0.1) is 18.8 Å². The van der Waals surface area contributed by atoms with Crippen molar-refractivity contribution in [3.05, 3.63) is 228 Å². The van der Waals surface area contributed by atoms with E-state index in [0.29, 0.717) is 12.1 Å². The van der Waals surface area contributed by atoms with Crippen LogP contribution < -0.4 is 10.8 Å². The van der Waals surface area contributed by atoms with Gasteiger partial charge in [-0.3, -0.25) is 4.39 Å². The predicted molar refractivity (Wildman–Crippen MR) is 290 cm³/mol. The van der Waals surface area contributed by atoms with Gasteiger partial charge in [-0.2, -0.15) is 92.0 Å². The summed E-state index contributed by atoms with van der Waals surface area (Å²) in [6.07, 6.45) is 54.2. The molecular weight excluding hydrogens is 857 g/mol. The number of nitrogens with two attached hydrogens (primary N) is 1. The number of hydrogen-bond donors (Lipinski definition) is 1. The van der Waals surface area contributed by atoms with Crippen molar-refractivity contribution in [2.45, 2.75) is 117 Å². The zero-order valence-electron chi connectivity index (χ0n) is 41.6. The van der Waals surface area contributed by atoms with Gasteiger partial charge < -0.3 is 52.8 Å². The Morgan fingerprint density at radius 2 is 1.39 bits per heavy atom. The van der Waals surface area contributed by atoms with E-state index in [2.05, 4.69) is 79.5 Å². The number of ether oxygens (including phenoxy) is 2. The van der Waals surface area contributed by atoms with Crippen molar-refractivity contribution in [2.24, 2.45) is 11.7 Å². The summed E-state index contributed by atoms with van der Waals surface area (Å²) in [5.74, 6) is -0.399. The predicted octanol–water partition coefficient (Wildman–Crippen LogP) is 15.7. The van der Waals surface area contributed by atoms with Crippen molar-refractivity contribution in [3.63, 3.8) is 0 Å². The highest BCUT2D eigenvalue weighted by Crippen LogP contribution is 2.23. The van der Waals surface area contributed by atoms with Crippen molar-refractivity contribution >= 4 is 19.5 Å². The number of carbonyl (C=O) groups excluding carboxylic acids is 1. The minimum absolute atomic E-state index is 0. The maximum Gasteiger partial charge on any atom is 0.0764 e. The Hall–Kier alpha value is -5.05. The monoisotopic (exact) mass is 942 g/mol. The lowest BCUT2D eigenvalue weighted by molar-refractivity contribution is -0.304. The minimum atomic E-state index is -1.11. The summed E-state index contributed by atoms with van der Waals surface area (Å²) >= 11 is 0. The normalized spacial score (nSPS) is 16.9. The highest BCUT2D eigenvalue weighted by Gasteiger charge is 2.01. The zero-order chi connectivity index (χ0) is 50.2. The number of carbonyl (C=O) groups is 1.